The summed E-state index contributed by atoms with van der Waals surface area (Å²) < 4.78 is 6.50. The van der Waals surface area contributed by atoms with Crippen LogP contribution in [0.5, 0.6) is 0 Å². The lowest BCUT2D eigenvalue weighted by Crippen LogP contribution is -2.40. The summed E-state index contributed by atoms with van der Waals surface area (Å²) in [5.41, 5.74) is 0.720. The molecule has 1 saturated carbocycles. The van der Waals surface area contributed by atoms with Gasteiger partial charge in [0.25, 0.3) is 11.8 Å². The number of carbonyl (C=O) groups excluding carboxylic acids is 2. The van der Waals surface area contributed by atoms with Gasteiger partial charge < -0.3 is 19.7 Å². The number of aryl methyl sites for hydroxylation is 2. The third kappa shape index (κ3) is 6.88. The Morgan fingerprint density at radius 1 is 0.971 bits per heavy atom. The Kier molecular flexibility index (Phi) is 8.43. The van der Waals surface area contributed by atoms with Gasteiger partial charge in [-0.05, 0) is 25.0 Å². The van der Waals surface area contributed by atoms with Crippen LogP contribution in [0.2, 0.25) is 0 Å². The van der Waals surface area contributed by atoms with Crippen LogP contribution in [-0.2, 0) is 19.5 Å². The van der Waals surface area contributed by atoms with E-state index in [0.717, 1.165) is 44.2 Å². The molecule has 0 atom stereocenters. The van der Waals surface area contributed by atoms with Gasteiger partial charge in [-0.15, -0.1) is 0 Å². The molecule has 9 nitrogen and oxygen atoms in total. The normalized spacial score (nSPS) is 14.6. The zero-order valence-corrected chi connectivity index (χ0v) is 19.7. The van der Waals surface area contributed by atoms with Crippen molar-refractivity contribution in [3.63, 3.8) is 0 Å². The van der Waals surface area contributed by atoms with Crippen molar-refractivity contribution in [1.29, 1.82) is 0 Å². The minimum absolute atomic E-state index is 0.0258. The van der Waals surface area contributed by atoms with E-state index in [-0.39, 0.29) is 23.7 Å². The first-order valence-corrected chi connectivity index (χ1v) is 12.2. The lowest BCUT2D eigenvalue weighted by molar-refractivity contribution is 0.0928. The molecule has 0 unspecified atom stereocenters. The highest BCUT2D eigenvalue weighted by molar-refractivity contribution is 5.99. The summed E-state index contributed by atoms with van der Waals surface area (Å²) in [4.78, 5) is 43.6. The van der Waals surface area contributed by atoms with Crippen LogP contribution in [0.1, 0.15) is 77.0 Å². The van der Waals surface area contributed by atoms with E-state index < -0.39 is 17.2 Å². The molecule has 0 aromatic carbocycles. The smallest absolute Gasteiger partial charge is 0.257 e. The Bertz CT molecular complexity index is 1170. The van der Waals surface area contributed by atoms with Crippen molar-refractivity contribution in [2.45, 2.75) is 70.5 Å². The molecule has 2 N–H and O–H groups in total. The van der Waals surface area contributed by atoms with Crippen molar-refractivity contribution in [1.82, 2.24) is 25.3 Å². The van der Waals surface area contributed by atoms with Gasteiger partial charge in [0, 0.05) is 49.4 Å². The molecule has 0 aliphatic heterocycles. The number of rotatable bonds is 8. The van der Waals surface area contributed by atoms with Crippen LogP contribution in [0.3, 0.4) is 0 Å². The molecule has 2 amide bonds. The fourth-order valence-corrected chi connectivity index (χ4v) is 4.33. The second-order valence-electron chi connectivity index (χ2n) is 8.91. The fraction of sp³-hybridized carbons (Fsp3) is 0.423. The Morgan fingerprint density at radius 2 is 1.71 bits per heavy atom. The maximum Gasteiger partial charge on any atom is 0.257 e. The Labute approximate surface area is 203 Å². The largest absolute Gasteiger partial charge is 0.364 e. The first kappa shape index (κ1) is 24.4. The molecule has 3 aromatic heterocycles. The summed E-state index contributed by atoms with van der Waals surface area (Å²) >= 11 is 0. The number of hydrogen-bond donors (Lipinski definition) is 2. The number of nitrogens with one attached hydrogen (secondary N) is 2. The van der Waals surface area contributed by atoms with E-state index in [4.69, 9.17) is 4.52 Å². The minimum Gasteiger partial charge on any atom is -0.364 e. The molecular formula is C26H31N5O4. The first-order valence-electron chi connectivity index (χ1n) is 12.2. The zero-order valence-electron chi connectivity index (χ0n) is 19.7. The van der Waals surface area contributed by atoms with E-state index in [1.807, 2.05) is 18.2 Å². The molecule has 1 aliphatic rings. The van der Waals surface area contributed by atoms with E-state index >= 15 is 0 Å². The van der Waals surface area contributed by atoms with E-state index in [1.54, 1.807) is 16.8 Å². The summed E-state index contributed by atoms with van der Waals surface area (Å²) in [5.74, 6) is -0.997. The van der Waals surface area contributed by atoms with Crippen LogP contribution < -0.4 is 16.1 Å². The molecule has 1 aliphatic carbocycles. The number of hydrogen-bond acceptors (Lipinski definition) is 6. The minimum atomic E-state index is -0.583. The van der Waals surface area contributed by atoms with Gasteiger partial charge in [0.1, 0.15) is 23.1 Å². The number of nitrogens with zero attached hydrogens (tertiary/aromatic N) is 3. The van der Waals surface area contributed by atoms with Crippen LogP contribution in [-0.4, -0.2) is 32.6 Å². The number of carbonyl (C=O) groups is 2. The molecule has 9 heteroatoms. The van der Waals surface area contributed by atoms with Crippen LogP contribution in [0, 0.1) is 0 Å². The third-order valence-corrected chi connectivity index (χ3v) is 6.28. The number of amides is 2. The van der Waals surface area contributed by atoms with Gasteiger partial charge >= 0.3 is 0 Å². The topological polar surface area (TPSA) is 119 Å². The molecule has 184 valence electrons. The standard InChI is InChI=1S/C26H31N5O4/c32-24-22(25(33)28-16-21-12-15-35-30-21)17-31(14-11-19-8-6-7-13-27-19)18-23(24)26(34)29-20-9-4-2-1-3-5-10-20/h6-8,12-13,15,17-18,20H,1-5,9-11,14,16H2,(H,28,33)(H,29,34). The van der Waals surface area contributed by atoms with Crippen LogP contribution in [0.4, 0.5) is 0 Å². The van der Waals surface area contributed by atoms with Crippen molar-refractivity contribution >= 4 is 11.8 Å². The zero-order chi connectivity index (χ0) is 24.5. The molecule has 0 radical (unpaired) electrons. The third-order valence-electron chi connectivity index (χ3n) is 6.28. The van der Waals surface area contributed by atoms with Crippen molar-refractivity contribution < 1.29 is 14.1 Å². The van der Waals surface area contributed by atoms with Crippen molar-refractivity contribution in [3.8, 4) is 0 Å². The van der Waals surface area contributed by atoms with Gasteiger partial charge in [-0.3, -0.25) is 19.4 Å². The van der Waals surface area contributed by atoms with Crippen molar-refractivity contribution in [2.75, 3.05) is 0 Å². The average Bonchev–Trinajstić information content (AvgIpc) is 3.38. The predicted octanol–water partition coefficient (Wildman–Crippen LogP) is 3.25. The highest BCUT2D eigenvalue weighted by Gasteiger charge is 2.22. The van der Waals surface area contributed by atoms with Gasteiger partial charge in [0.05, 0.1) is 6.54 Å². The van der Waals surface area contributed by atoms with E-state index in [0.29, 0.717) is 18.7 Å². The maximum absolute atomic E-state index is 13.2. The molecular weight excluding hydrogens is 446 g/mol. The summed E-state index contributed by atoms with van der Waals surface area (Å²) in [7, 11) is 0. The fourth-order valence-electron chi connectivity index (χ4n) is 4.33. The highest BCUT2D eigenvalue weighted by Crippen LogP contribution is 2.17. The molecule has 3 heterocycles. The predicted molar refractivity (Wildman–Crippen MR) is 130 cm³/mol. The average molecular weight is 478 g/mol. The molecule has 0 bridgehead atoms. The summed E-state index contributed by atoms with van der Waals surface area (Å²) in [5, 5.41) is 9.50. The Hall–Kier alpha value is -3.75. The molecule has 35 heavy (non-hydrogen) atoms. The van der Waals surface area contributed by atoms with Gasteiger partial charge in [0.15, 0.2) is 0 Å². The summed E-state index contributed by atoms with van der Waals surface area (Å²) in [6, 6.07) is 7.33. The van der Waals surface area contributed by atoms with Gasteiger partial charge in [-0.2, -0.15) is 0 Å². The molecule has 0 saturated heterocycles. The first-order chi connectivity index (χ1) is 17.1. The van der Waals surface area contributed by atoms with Crippen LogP contribution in [0.25, 0.3) is 0 Å². The summed E-state index contributed by atoms with van der Waals surface area (Å²) in [6.07, 6.45) is 14.2. The molecule has 0 spiro atoms. The Morgan fingerprint density at radius 3 is 2.40 bits per heavy atom. The highest BCUT2D eigenvalue weighted by atomic mass is 16.5. The Balaban J connectivity index is 1.56. The number of pyridine rings is 2. The second kappa shape index (κ2) is 12.1. The van der Waals surface area contributed by atoms with Crippen LogP contribution in [0.15, 0.2) is 58.4 Å². The van der Waals surface area contributed by atoms with E-state index in [9.17, 15) is 14.4 Å². The van der Waals surface area contributed by atoms with Crippen molar-refractivity contribution in [2.24, 2.45) is 0 Å². The second-order valence-corrected chi connectivity index (χ2v) is 8.91. The van der Waals surface area contributed by atoms with E-state index in [2.05, 4.69) is 20.8 Å². The maximum atomic E-state index is 13.2. The van der Waals surface area contributed by atoms with Gasteiger partial charge in [-0.25, -0.2) is 0 Å². The van der Waals surface area contributed by atoms with Crippen molar-refractivity contribution in [3.05, 3.63) is 81.9 Å². The molecule has 1 fully saturated rings. The SMILES string of the molecule is O=C(NCc1ccon1)c1cn(CCc2ccccn2)cc(C(=O)NC2CCCCCCC2)c1=O. The van der Waals surface area contributed by atoms with Gasteiger partial charge in [0.2, 0.25) is 5.43 Å². The van der Waals surface area contributed by atoms with Gasteiger partial charge in [-0.1, -0.05) is 43.3 Å². The summed E-state index contributed by atoms with van der Waals surface area (Å²) in [6.45, 7) is 0.575. The van der Waals surface area contributed by atoms with Crippen LogP contribution >= 0.6 is 0 Å². The van der Waals surface area contributed by atoms with E-state index in [1.165, 1.54) is 25.1 Å². The molecule has 4 rings (SSSR count). The molecule has 3 aromatic rings. The lowest BCUT2D eigenvalue weighted by atomic mass is 9.96. The number of aromatic nitrogens is 3. The monoisotopic (exact) mass is 477 g/mol. The lowest BCUT2D eigenvalue weighted by Gasteiger charge is -2.21. The quantitative estimate of drug-likeness (QED) is 0.514.